The minimum atomic E-state index is -3.67. The molecule has 1 heterocycles. The number of nitrogens with zero attached hydrogens (tertiary/aromatic N) is 2. The van der Waals surface area contributed by atoms with Crippen molar-refractivity contribution in [3.05, 3.63) is 58.0 Å². The van der Waals surface area contributed by atoms with E-state index in [-0.39, 0.29) is 27.9 Å². The van der Waals surface area contributed by atoms with Crippen LogP contribution in [0.4, 0.5) is 5.69 Å². The smallest absolute Gasteiger partial charge is 0.408 e. The normalized spacial score (nSPS) is 11.9. The highest BCUT2D eigenvalue weighted by Gasteiger charge is 2.22. The quantitative estimate of drug-likeness (QED) is 0.519. The van der Waals surface area contributed by atoms with Gasteiger partial charge in [0.15, 0.2) is 5.58 Å². The number of anilines is 1. The number of rotatable bonds is 9. The van der Waals surface area contributed by atoms with Crippen molar-refractivity contribution in [3.63, 3.8) is 0 Å². The molecule has 0 saturated carbocycles. The van der Waals surface area contributed by atoms with Crippen LogP contribution in [0.15, 0.2) is 56.6 Å². The number of para-hydroxylation sites is 2. The summed E-state index contributed by atoms with van der Waals surface area (Å²) in [6.07, 6.45) is 0.514. The van der Waals surface area contributed by atoms with Crippen LogP contribution in [0.1, 0.15) is 26.7 Å². The number of oxazole rings is 1. The van der Waals surface area contributed by atoms with Gasteiger partial charge < -0.3 is 9.73 Å². The molecule has 0 radical (unpaired) electrons. The van der Waals surface area contributed by atoms with Crippen molar-refractivity contribution in [3.8, 4) is 0 Å². The Morgan fingerprint density at radius 1 is 1.16 bits per heavy atom. The molecule has 0 fully saturated rings. The summed E-state index contributed by atoms with van der Waals surface area (Å²) >= 11 is 6.16. The molecule has 0 atom stereocenters. The fourth-order valence-corrected chi connectivity index (χ4v) is 4.96. The predicted molar refractivity (Wildman–Crippen MR) is 120 cm³/mol. The van der Waals surface area contributed by atoms with E-state index in [0.29, 0.717) is 37.2 Å². The Morgan fingerprint density at radius 3 is 2.58 bits per heavy atom. The molecule has 0 spiro atoms. The number of nitrogens with one attached hydrogen (secondary N) is 1. The number of amides is 1. The minimum absolute atomic E-state index is 0.0623. The van der Waals surface area contributed by atoms with Crippen molar-refractivity contribution < 1.29 is 17.6 Å². The van der Waals surface area contributed by atoms with Crippen LogP contribution in [0.25, 0.3) is 11.1 Å². The molecule has 166 valence electrons. The molecule has 0 aliphatic carbocycles. The Bertz CT molecular complexity index is 1250. The third-order valence-electron chi connectivity index (χ3n) is 4.91. The van der Waals surface area contributed by atoms with Gasteiger partial charge in [0.25, 0.3) is 0 Å². The average molecular weight is 466 g/mol. The second kappa shape index (κ2) is 9.67. The average Bonchev–Trinajstić information content (AvgIpc) is 3.05. The molecule has 0 unspecified atom stereocenters. The van der Waals surface area contributed by atoms with Gasteiger partial charge in [0.2, 0.25) is 15.9 Å². The molecule has 0 aliphatic heterocycles. The summed E-state index contributed by atoms with van der Waals surface area (Å²) in [7, 11) is -3.67. The van der Waals surface area contributed by atoms with Gasteiger partial charge in [0, 0.05) is 26.1 Å². The topological polar surface area (TPSA) is 102 Å². The molecule has 31 heavy (non-hydrogen) atoms. The first-order valence-electron chi connectivity index (χ1n) is 9.95. The van der Waals surface area contributed by atoms with Crippen molar-refractivity contribution >= 4 is 44.3 Å². The summed E-state index contributed by atoms with van der Waals surface area (Å²) in [4.78, 5) is 24.5. The van der Waals surface area contributed by atoms with Gasteiger partial charge in [-0.15, -0.1) is 0 Å². The molecule has 1 amide bonds. The number of halogens is 1. The minimum Gasteiger partial charge on any atom is -0.408 e. The second-order valence-electron chi connectivity index (χ2n) is 6.87. The van der Waals surface area contributed by atoms with Gasteiger partial charge in [-0.05, 0) is 36.8 Å². The third kappa shape index (κ3) is 5.00. The number of aromatic nitrogens is 1. The van der Waals surface area contributed by atoms with Crippen LogP contribution in [0.3, 0.4) is 0 Å². The van der Waals surface area contributed by atoms with Gasteiger partial charge in [0.05, 0.1) is 21.1 Å². The molecule has 10 heteroatoms. The van der Waals surface area contributed by atoms with Crippen LogP contribution >= 0.6 is 11.6 Å². The molecular formula is C21H24ClN3O5S. The number of fused-ring (bicyclic) bond motifs is 1. The van der Waals surface area contributed by atoms with Gasteiger partial charge in [0.1, 0.15) is 0 Å². The Kier molecular flexibility index (Phi) is 7.19. The van der Waals surface area contributed by atoms with E-state index in [2.05, 4.69) is 5.32 Å². The second-order valence-corrected chi connectivity index (χ2v) is 9.22. The summed E-state index contributed by atoms with van der Waals surface area (Å²) in [6, 6.07) is 11.3. The fraction of sp³-hybridized carbons (Fsp3) is 0.333. The summed E-state index contributed by atoms with van der Waals surface area (Å²) in [5.41, 5.74) is 1.39. The Labute approximate surface area is 185 Å². The largest absolute Gasteiger partial charge is 0.419 e. The van der Waals surface area contributed by atoms with Crippen LogP contribution in [-0.4, -0.2) is 36.3 Å². The maximum absolute atomic E-state index is 12.7. The molecule has 8 nitrogen and oxygen atoms in total. The van der Waals surface area contributed by atoms with Crippen molar-refractivity contribution in [2.45, 2.75) is 38.1 Å². The predicted octanol–water partition coefficient (Wildman–Crippen LogP) is 3.70. The molecule has 1 aromatic heterocycles. The Balaban J connectivity index is 1.68. The first-order chi connectivity index (χ1) is 14.8. The standard InChI is InChI=1S/C21H24ClN3O5S/c1-3-24(4-2)31(28,29)15-11-12-16(22)17(14-15)23-20(26)10-7-13-25-18-8-5-6-9-19(18)30-21(25)27/h5-6,8-9,11-12,14H,3-4,7,10,13H2,1-2H3,(H,23,26). The van der Waals surface area contributed by atoms with Crippen LogP contribution < -0.4 is 11.1 Å². The lowest BCUT2D eigenvalue weighted by atomic mass is 10.2. The van der Waals surface area contributed by atoms with Crippen molar-refractivity contribution in [1.29, 1.82) is 0 Å². The zero-order valence-electron chi connectivity index (χ0n) is 17.3. The van der Waals surface area contributed by atoms with Crippen LogP contribution in [0, 0.1) is 0 Å². The monoisotopic (exact) mass is 465 g/mol. The van der Waals surface area contributed by atoms with Crippen LogP contribution in [-0.2, 0) is 21.4 Å². The lowest BCUT2D eigenvalue weighted by molar-refractivity contribution is -0.116. The van der Waals surface area contributed by atoms with E-state index in [4.69, 9.17) is 16.0 Å². The zero-order chi connectivity index (χ0) is 22.6. The van der Waals surface area contributed by atoms with E-state index in [1.54, 1.807) is 32.0 Å². The number of aryl methyl sites for hydroxylation is 1. The Hall–Kier alpha value is -2.62. The number of benzene rings is 2. The number of hydrogen-bond acceptors (Lipinski definition) is 5. The van der Waals surface area contributed by atoms with E-state index in [1.165, 1.54) is 27.1 Å². The fourth-order valence-electron chi connectivity index (χ4n) is 3.31. The maximum atomic E-state index is 12.7. The van der Waals surface area contributed by atoms with Crippen molar-refractivity contribution in [2.75, 3.05) is 18.4 Å². The van der Waals surface area contributed by atoms with E-state index >= 15 is 0 Å². The third-order valence-corrected chi connectivity index (χ3v) is 7.29. The molecule has 0 aliphatic rings. The van der Waals surface area contributed by atoms with Gasteiger partial charge in [-0.25, -0.2) is 13.2 Å². The van der Waals surface area contributed by atoms with Gasteiger partial charge in [-0.2, -0.15) is 4.31 Å². The zero-order valence-corrected chi connectivity index (χ0v) is 18.9. The molecule has 0 bridgehead atoms. The molecule has 3 aromatic rings. The Morgan fingerprint density at radius 2 is 1.87 bits per heavy atom. The molecule has 2 aromatic carbocycles. The van der Waals surface area contributed by atoms with Crippen LogP contribution in [0.5, 0.6) is 0 Å². The number of carbonyl (C=O) groups is 1. The summed E-state index contributed by atoms with van der Waals surface area (Å²) in [5.74, 6) is -0.806. The van der Waals surface area contributed by atoms with Crippen molar-refractivity contribution in [2.24, 2.45) is 0 Å². The molecule has 0 saturated heterocycles. The summed E-state index contributed by atoms with van der Waals surface area (Å²) < 4.78 is 33.4. The van der Waals surface area contributed by atoms with E-state index in [1.807, 2.05) is 6.07 Å². The lowest BCUT2D eigenvalue weighted by Gasteiger charge is -2.19. The lowest BCUT2D eigenvalue weighted by Crippen LogP contribution is -2.30. The van der Waals surface area contributed by atoms with Crippen molar-refractivity contribution in [1.82, 2.24) is 8.87 Å². The highest BCUT2D eigenvalue weighted by molar-refractivity contribution is 7.89. The molecular weight excluding hydrogens is 442 g/mol. The highest BCUT2D eigenvalue weighted by Crippen LogP contribution is 2.27. The SMILES string of the molecule is CCN(CC)S(=O)(=O)c1ccc(Cl)c(NC(=O)CCCn2c(=O)oc3ccccc32)c1. The molecule has 1 N–H and O–H groups in total. The maximum Gasteiger partial charge on any atom is 0.419 e. The highest BCUT2D eigenvalue weighted by atomic mass is 35.5. The van der Waals surface area contributed by atoms with Gasteiger partial charge >= 0.3 is 5.76 Å². The summed E-state index contributed by atoms with van der Waals surface area (Å²) in [6.45, 7) is 4.51. The number of carbonyl (C=O) groups excluding carboxylic acids is 1. The first-order valence-corrected chi connectivity index (χ1v) is 11.8. The number of hydrogen-bond donors (Lipinski definition) is 1. The van der Waals surface area contributed by atoms with E-state index < -0.39 is 15.8 Å². The molecule has 3 rings (SSSR count). The van der Waals surface area contributed by atoms with Gasteiger partial charge in [-0.3, -0.25) is 9.36 Å². The van der Waals surface area contributed by atoms with E-state index in [0.717, 1.165) is 0 Å². The van der Waals surface area contributed by atoms with Crippen LogP contribution in [0.2, 0.25) is 5.02 Å². The summed E-state index contributed by atoms with van der Waals surface area (Å²) in [5, 5.41) is 2.90. The van der Waals surface area contributed by atoms with Gasteiger partial charge in [-0.1, -0.05) is 37.6 Å². The number of sulfonamides is 1. The van der Waals surface area contributed by atoms with E-state index in [9.17, 15) is 18.0 Å². The first kappa shape index (κ1) is 23.1.